The van der Waals surface area contributed by atoms with Crippen molar-refractivity contribution in [3.63, 3.8) is 0 Å². The van der Waals surface area contributed by atoms with E-state index < -0.39 is 6.10 Å². The monoisotopic (exact) mass is 257 g/mol. The molecule has 0 aliphatic carbocycles. The number of ether oxygens (including phenoxy) is 1. The molecule has 1 N–H and O–H groups in total. The lowest BCUT2D eigenvalue weighted by Crippen LogP contribution is -2.05. The molecule has 1 heterocycles. The number of nitrogens with zero attached hydrogens (tertiary/aromatic N) is 1. The average Bonchev–Trinajstić information content (AvgIpc) is 2.41. The lowest BCUT2D eigenvalue weighted by molar-refractivity contribution is 0.191. The van der Waals surface area contributed by atoms with Crippen molar-refractivity contribution in [3.8, 4) is 5.75 Å². The maximum absolute atomic E-state index is 9.76. The molecule has 3 nitrogen and oxygen atoms in total. The van der Waals surface area contributed by atoms with Crippen molar-refractivity contribution in [2.45, 2.75) is 26.4 Å². The van der Waals surface area contributed by atoms with Gasteiger partial charge in [-0.05, 0) is 37.6 Å². The zero-order chi connectivity index (χ0) is 13.7. The molecule has 0 fully saturated rings. The maximum Gasteiger partial charge on any atom is 0.125 e. The van der Waals surface area contributed by atoms with Crippen LogP contribution in [0.3, 0.4) is 0 Å². The zero-order valence-electron chi connectivity index (χ0n) is 11.3. The summed E-state index contributed by atoms with van der Waals surface area (Å²) in [6.45, 7) is 4.34. The van der Waals surface area contributed by atoms with E-state index in [1.54, 1.807) is 13.1 Å². The Hall–Kier alpha value is -1.87. The second-order valence-electron chi connectivity index (χ2n) is 4.68. The second kappa shape index (κ2) is 6.34. The fraction of sp³-hybridized carbons (Fsp3) is 0.312. The minimum absolute atomic E-state index is 0.520. The van der Waals surface area contributed by atoms with Crippen molar-refractivity contribution in [2.24, 2.45) is 0 Å². The number of aliphatic hydroxyl groups excluding tert-OH is 1. The Bertz CT molecular complexity index is 524. The van der Waals surface area contributed by atoms with Crippen LogP contribution in [0.2, 0.25) is 0 Å². The van der Waals surface area contributed by atoms with Crippen LogP contribution in [0.1, 0.15) is 29.7 Å². The van der Waals surface area contributed by atoms with Crippen molar-refractivity contribution in [1.29, 1.82) is 0 Å². The normalized spacial score (nSPS) is 12.2. The van der Waals surface area contributed by atoms with Crippen LogP contribution in [-0.2, 0) is 6.42 Å². The smallest absolute Gasteiger partial charge is 0.125 e. The SMILES string of the molecule is Cc1ccc(OCCc2cccnc2)c([C@H](C)O)c1. The van der Waals surface area contributed by atoms with E-state index in [1.807, 2.05) is 43.5 Å². The molecular weight excluding hydrogens is 238 g/mol. The molecule has 0 saturated heterocycles. The van der Waals surface area contributed by atoms with E-state index in [4.69, 9.17) is 4.74 Å². The molecule has 1 aromatic heterocycles. The summed E-state index contributed by atoms with van der Waals surface area (Å²) >= 11 is 0. The number of hydrogen-bond acceptors (Lipinski definition) is 3. The van der Waals surface area contributed by atoms with E-state index >= 15 is 0 Å². The first-order valence-corrected chi connectivity index (χ1v) is 6.47. The van der Waals surface area contributed by atoms with Crippen LogP contribution in [0, 0.1) is 6.92 Å². The molecule has 0 bridgehead atoms. The highest BCUT2D eigenvalue weighted by Crippen LogP contribution is 2.26. The van der Waals surface area contributed by atoms with Crippen LogP contribution in [-0.4, -0.2) is 16.7 Å². The number of hydrogen-bond donors (Lipinski definition) is 1. The van der Waals surface area contributed by atoms with Crippen molar-refractivity contribution in [3.05, 3.63) is 59.4 Å². The van der Waals surface area contributed by atoms with Gasteiger partial charge in [0.1, 0.15) is 5.75 Å². The topological polar surface area (TPSA) is 42.4 Å². The molecule has 0 aliphatic rings. The summed E-state index contributed by atoms with van der Waals surface area (Å²) in [6, 6.07) is 9.82. The Morgan fingerprint density at radius 3 is 2.84 bits per heavy atom. The van der Waals surface area contributed by atoms with E-state index in [2.05, 4.69) is 4.98 Å². The molecule has 2 aromatic rings. The first-order chi connectivity index (χ1) is 9.16. The Morgan fingerprint density at radius 1 is 1.32 bits per heavy atom. The van der Waals surface area contributed by atoms with Gasteiger partial charge in [0.2, 0.25) is 0 Å². The van der Waals surface area contributed by atoms with Crippen molar-refractivity contribution < 1.29 is 9.84 Å². The number of aryl methyl sites for hydroxylation is 1. The molecule has 100 valence electrons. The highest BCUT2D eigenvalue weighted by molar-refractivity contribution is 5.38. The van der Waals surface area contributed by atoms with Gasteiger partial charge in [-0.3, -0.25) is 4.98 Å². The van der Waals surface area contributed by atoms with E-state index in [0.29, 0.717) is 6.61 Å². The predicted molar refractivity (Wildman–Crippen MR) is 75.2 cm³/mol. The third kappa shape index (κ3) is 3.80. The highest BCUT2D eigenvalue weighted by Gasteiger charge is 2.09. The van der Waals surface area contributed by atoms with Gasteiger partial charge in [0.05, 0.1) is 12.7 Å². The molecule has 0 spiro atoms. The van der Waals surface area contributed by atoms with Crippen LogP contribution < -0.4 is 4.74 Å². The molecule has 1 atom stereocenters. The third-order valence-corrected chi connectivity index (χ3v) is 2.99. The molecule has 0 aliphatic heterocycles. The number of aromatic nitrogens is 1. The predicted octanol–water partition coefficient (Wildman–Crippen LogP) is 3.06. The van der Waals surface area contributed by atoms with Crippen LogP contribution in [0.15, 0.2) is 42.7 Å². The molecule has 0 radical (unpaired) electrons. The Kier molecular flexibility index (Phi) is 4.53. The van der Waals surface area contributed by atoms with Crippen LogP contribution >= 0.6 is 0 Å². The van der Waals surface area contributed by atoms with E-state index in [-0.39, 0.29) is 0 Å². The largest absolute Gasteiger partial charge is 0.493 e. The summed E-state index contributed by atoms with van der Waals surface area (Å²) in [7, 11) is 0. The van der Waals surface area contributed by atoms with Crippen LogP contribution in [0.25, 0.3) is 0 Å². The Labute approximate surface area is 113 Å². The average molecular weight is 257 g/mol. The molecule has 0 amide bonds. The lowest BCUT2D eigenvalue weighted by Gasteiger charge is -2.14. The molecule has 19 heavy (non-hydrogen) atoms. The molecular formula is C16H19NO2. The summed E-state index contributed by atoms with van der Waals surface area (Å²) in [5.41, 5.74) is 3.11. The summed E-state index contributed by atoms with van der Waals surface area (Å²) < 4.78 is 5.77. The summed E-state index contributed by atoms with van der Waals surface area (Å²) in [4.78, 5) is 4.07. The molecule has 0 saturated carbocycles. The van der Waals surface area contributed by atoms with Gasteiger partial charge in [0.25, 0.3) is 0 Å². The zero-order valence-corrected chi connectivity index (χ0v) is 11.3. The quantitative estimate of drug-likeness (QED) is 0.895. The third-order valence-electron chi connectivity index (χ3n) is 2.99. The van der Waals surface area contributed by atoms with E-state index in [1.165, 1.54) is 0 Å². The molecule has 0 unspecified atom stereocenters. The minimum Gasteiger partial charge on any atom is -0.493 e. The second-order valence-corrected chi connectivity index (χ2v) is 4.68. The summed E-state index contributed by atoms with van der Waals surface area (Å²) in [5.74, 6) is 0.754. The number of benzene rings is 1. The summed E-state index contributed by atoms with van der Waals surface area (Å²) in [6.07, 6.45) is 3.89. The van der Waals surface area contributed by atoms with Gasteiger partial charge in [-0.25, -0.2) is 0 Å². The van der Waals surface area contributed by atoms with Gasteiger partial charge < -0.3 is 9.84 Å². The van der Waals surface area contributed by atoms with E-state index in [9.17, 15) is 5.11 Å². The van der Waals surface area contributed by atoms with Gasteiger partial charge >= 0.3 is 0 Å². The Morgan fingerprint density at radius 2 is 2.16 bits per heavy atom. The molecule has 2 rings (SSSR count). The van der Waals surface area contributed by atoms with Crippen molar-refractivity contribution in [1.82, 2.24) is 4.98 Å². The molecule has 1 aromatic carbocycles. The van der Waals surface area contributed by atoms with Crippen molar-refractivity contribution >= 4 is 0 Å². The fourth-order valence-corrected chi connectivity index (χ4v) is 1.95. The maximum atomic E-state index is 9.76. The van der Waals surface area contributed by atoms with Crippen molar-refractivity contribution in [2.75, 3.05) is 6.61 Å². The summed E-state index contributed by atoms with van der Waals surface area (Å²) in [5, 5.41) is 9.76. The first-order valence-electron chi connectivity index (χ1n) is 6.47. The first kappa shape index (κ1) is 13.6. The van der Waals surface area contributed by atoms with Gasteiger partial charge in [-0.2, -0.15) is 0 Å². The minimum atomic E-state index is -0.520. The van der Waals surface area contributed by atoms with E-state index in [0.717, 1.165) is 28.9 Å². The van der Waals surface area contributed by atoms with Gasteiger partial charge in [0.15, 0.2) is 0 Å². The number of pyridine rings is 1. The fourth-order valence-electron chi connectivity index (χ4n) is 1.95. The van der Waals surface area contributed by atoms with Gasteiger partial charge in [-0.1, -0.05) is 17.7 Å². The lowest BCUT2D eigenvalue weighted by atomic mass is 10.1. The van der Waals surface area contributed by atoms with Crippen LogP contribution in [0.4, 0.5) is 0 Å². The highest BCUT2D eigenvalue weighted by atomic mass is 16.5. The Balaban J connectivity index is 2.00. The van der Waals surface area contributed by atoms with Crippen LogP contribution in [0.5, 0.6) is 5.75 Å². The number of rotatable bonds is 5. The number of aliphatic hydroxyl groups is 1. The van der Waals surface area contributed by atoms with Gasteiger partial charge in [0, 0.05) is 24.4 Å². The van der Waals surface area contributed by atoms with Gasteiger partial charge in [-0.15, -0.1) is 0 Å². The standard InChI is InChI=1S/C16H19NO2/c1-12-5-6-16(15(10-12)13(2)18)19-9-7-14-4-3-8-17-11-14/h3-6,8,10-11,13,18H,7,9H2,1-2H3/t13-/m0/s1. The molecule has 3 heteroatoms.